The number of hydrogen-bond acceptors (Lipinski definition) is 7. The van der Waals surface area contributed by atoms with Crippen molar-refractivity contribution < 1.29 is 4.79 Å². The van der Waals surface area contributed by atoms with Gasteiger partial charge in [0.25, 0.3) is 0 Å². The molecule has 2 aromatic carbocycles. The standard InChI is InChI=1S/C22H24N6OS2/c1-14(2)16-9-11-17(12-10-16)28-22(24-25-26-28)30-13-20(29)27(4)15(3)21-23-18-7-5-6-8-19(18)31-21/h5-12,14-15H,13H2,1-4H3/t15-/m1/s1. The fourth-order valence-corrected chi connectivity index (χ4v) is 4.99. The molecule has 9 heteroatoms. The molecule has 160 valence electrons. The zero-order chi connectivity index (χ0) is 22.0. The zero-order valence-corrected chi connectivity index (χ0v) is 19.5. The smallest absolute Gasteiger partial charge is 0.233 e. The third-order valence-electron chi connectivity index (χ3n) is 5.21. The molecule has 0 aliphatic rings. The van der Waals surface area contributed by atoms with Gasteiger partial charge in [-0.15, -0.1) is 16.4 Å². The molecular weight excluding hydrogens is 428 g/mol. The van der Waals surface area contributed by atoms with Gasteiger partial charge in [0.2, 0.25) is 11.1 Å². The van der Waals surface area contributed by atoms with Gasteiger partial charge in [-0.2, -0.15) is 4.68 Å². The SMILES string of the molecule is CC(C)c1ccc(-n2nnnc2SCC(=O)N(C)[C@H](C)c2nc3ccccc3s2)cc1. The minimum atomic E-state index is -0.106. The van der Waals surface area contributed by atoms with Crippen LogP contribution in [0.4, 0.5) is 0 Å². The van der Waals surface area contributed by atoms with Crippen molar-refractivity contribution in [3.05, 3.63) is 59.1 Å². The summed E-state index contributed by atoms with van der Waals surface area (Å²) < 4.78 is 2.79. The van der Waals surface area contributed by atoms with Crippen molar-refractivity contribution in [3.8, 4) is 5.69 Å². The van der Waals surface area contributed by atoms with E-state index < -0.39 is 0 Å². The molecule has 7 nitrogen and oxygen atoms in total. The molecule has 0 aliphatic carbocycles. The van der Waals surface area contributed by atoms with Gasteiger partial charge in [0, 0.05) is 7.05 Å². The number of tetrazole rings is 1. The van der Waals surface area contributed by atoms with Crippen molar-refractivity contribution in [3.63, 3.8) is 0 Å². The van der Waals surface area contributed by atoms with E-state index in [0.717, 1.165) is 20.9 Å². The highest BCUT2D eigenvalue weighted by molar-refractivity contribution is 7.99. The maximum Gasteiger partial charge on any atom is 0.233 e. The number of thiazole rings is 1. The van der Waals surface area contributed by atoms with Gasteiger partial charge < -0.3 is 4.90 Å². The minimum Gasteiger partial charge on any atom is -0.336 e. The Balaban J connectivity index is 1.42. The van der Waals surface area contributed by atoms with Gasteiger partial charge in [-0.25, -0.2) is 4.98 Å². The Morgan fingerprint density at radius 2 is 1.87 bits per heavy atom. The van der Waals surface area contributed by atoms with E-state index in [1.165, 1.54) is 17.3 Å². The summed E-state index contributed by atoms with van der Waals surface area (Å²) in [5.74, 6) is 0.708. The number of thioether (sulfide) groups is 1. The molecule has 4 rings (SSSR count). The van der Waals surface area contributed by atoms with Crippen molar-refractivity contribution >= 4 is 39.2 Å². The lowest BCUT2D eigenvalue weighted by atomic mass is 10.0. The molecule has 4 aromatic rings. The maximum absolute atomic E-state index is 12.8. The van der Waals surface area contributed by atoms with Crippen molar-refractivity contribution in [2.75, 3.05) is 12.8 Å². The Bertz CT molecular complexity index is 1150. The van der Waals surface area contributed by atoms with E-state index in [2.05, 4.69) is 52.6 Å². The summed E-state index contributed by atoms with van der Waals surface area (Å²) in [5.41, 5.74) is 3.10. The Labute approximate surface area is 189 Å². The second-order valence-corrected chi connectivity index (χ2v) is 9.61. The first-order chi connectivity index (χ1) is 14.9. The van der Waals surface area contributed by atoms with Crippen LogP contribution < -0.4 is 0 Å². The Morgan fingerprint density at radius 3 is 2.58 bits per heavy atom. The summed E-state index contributed by atoms with van der Waals surface area (Å²) in [4.78, 5) is 19.3. The second kappa shape index (κ2) is 9.15. The predicted octanol–water partition coefficient (Wildman–Crippen LogP) is 4.71. The molecule has 1 atom stereocenters. The molecule has 0 radical (unpaired) electrons. The summed E-state index contributed by atoms with van der Waals surface area (Å²) in [7, 11) is 1.81. The first-order valence-corrected chi connectivity index (χ1v) is 11.9. The van der Waals surface area contributed by atoms with Gasteiger partial charge in [-0.1, -0.05) is 49.9 Å². The number of nitrogens with zero attached hydrogens (tertiary/aromatic N) is 6. The van der Waals surface area contributed by atoms with E-state index in [1.807, 2.05) is 44.3 Å². The second-order valence-electron chi connectivity index (χ2n) is 7.61. The summed E-state index contributed by atoms with van der Waals surface area (Å²) in [6, 6.07) is 16.1. The Kier molecular flexibility index (Phi) is 6.33. The topological polar surface area (TPSA) is 76.8 Å². The van der Waals surface area contributed by atoms with E-state index in [4.69, 9.17) is 0 Å². The van der Waals surface area contributed by atoms with Crippen LogP contribution in [-0.4, -0.2) is 48.8 Å². The largest absolute Gasteiger partial charge is 0.336 e. The molecule has 0 aliphatic heterocycles. The van der Waals surface area contributed by atoms with Crippen LogP contribution in [0.25, 0.3) is 15.9 Å². The summed E-state index contributed by atoms with van der Waals surface area (Å²) in [5, 5.41) is 13.5. The number of hydrogen-bond donors (Lipinski definition) is 0. The van der Waals surface area contributed by atoms with Crippen molar-refractivity contribution in [1.82, 2.24) is 30.1 Å². The lowest BCUT2D eigenvalue weighted by Crippen LogP contribution is -2.31. The Morgan fingerprint density at radius 1 is 1.13 bits per heavy atom. The van der Waals surface area contributed by atoms with Gasteiger partial charge in [0.05, 0.1) is 27.7 Å². The number of aromatic nitrogens is 5. The monoisotopic (exact) mass is 452 g/mol. The van der Waals surface area contributed by atoms with Crippen LogP contribution >= 0.6 is 23.1 Å². The number of rotatable bonds is 7. The number of para-hydroxylation sites is 1. The van der Waals surface area contributed by atoms with Crippen LogP contribution in [0.1, 0.15) is 43.3 Å². The molecule has 2 heterocycles. The molecule has 1 amide bonds. The van der Waals surface area contributed by atoms with Crippen LogP contribution in [-0.2, 0) is 4.79 Å². The van der Waals surface area contributed by atoms with Crippen LogP contribution in [0.5, 0.6) is 0 Å². The average Bonchev–Trinajstić information content (AvgIpc) is 3.43. The maximum atomic E-state index is 12.8. The molecule has 0 N–H and O–H groups in total. The van der Waals surface area contributed by atoms with Crippen molar-refractivity contribution in [2.24, 2.45) is 0 Å². The van der Waals surface area contributed by atoms with E-state index in [1.54, 1.807) is 20.9 Å². The zero-order valence-electron chi connectivity index (χ0n) is 17.9. The molecule has 0 unspecified atom stereocenters. The van der Waals surface area contributed by atoms with Crippen LogP contribution in [0, 0.1) is 0 Å². The van der Waals surface area contributed by atoms with Crippen LogP contribution in [0.2, 0.25) is 0 Å². The Hall–Kier alpha value is -2.78. The minimum absolute atomic E-state index is 0.00135. The van der Waals surface area contributed by atoms with E-state index >= 15 is 0 Å². The van der Waals surface area contributed by atoms with Gasteiger partial charge in [0.15, 0.2) is 0 Å². The molecule has 0 fully saturated rings. The quantitative estimate of drug-likeness (QED) is 0.378. The third kappa shape index (κ3) is 4.62. The van der Waals surface area contributed by atoms with Gasteiger partial charge >= 0.3 is 0 Å². The number of carbonyl (C=O) groups excluding carboxylic acids is 1. The average molecular weight is 453 g/mol. The van der Waals surface area contributed by atoms with Crippen LogP contribution in [0.15, 0.2) is 53.7 Å². The van der Waals surface area contributed by atoms with Gasteiger partial charge in [-0.3, -0.25) is 4.79 Å². The van der Waals surface area contributed by atoms with Crippen LogP contribution in [0.3, 0.4) is 0 Å². The summed E-state index contributed by atoms with van der Waals surface area (Å²) in [6.45, 7) is 6.32. The molecule has 31 heavy (non-hydrogen) atoms. The molecule has 0 saturated heterocycles. The van der Waals surface area contributed by atoms with E-state index in [0.29, 0.717) is 11.1 Å². The number of carbonyl (C=O) groups is 1. The summed E-state index contributed by atoms with van der Waals surface area (Å²) in [6.07, 6.45) is 0. The van der Waals surface area contributed by atoms with Gasteiger partial charge in [0.1, 0.15) is 5.01 Å². The lowest BCUT2D eigenvalue weighted by molar-refractivity contribution is -0.128. The highest BCUT2D eigenvalue weighted by Crippen LogP contribution is 2.29. The highest BCUT2D eigenvalue weighted by atomic mass is 32.2. The number of benzene rings is 2. The first kappa shape index (κ1) is 21.5. The molecule has 2 aromatic heterocycles. The normalized spacial score (nSPS) is 12.4. The molecular formula is C22H24N6OS2. The molecule has 0 spiro atoms. The first-order valence-electron chi connectivity index (χ1n) is 10.1. The van der Waals surface area contributed by atoms with Crippen molar-refractivity contribution in [2.45, 2.75) is 37.9 Å². The van der Waals surface area contributed by atoms with Gasteiger partial charge in [-0.05, 0) is 53.1 Å². The molecule has 0 bridgehead atoms. The number of fused-ring (bicyclic) bond motifs is 1. The predicted molar refractivity (Wildman–Crippen MR) is 125 cm³/mol. The fraction of sp³-hybridized carbons (Fsp3) is 0.318. The third-order valence-corrected chi connectivity index (χ3v) is 7.32. The van der Waals surface area contributed by atoms with Crippen molar-refractivity contribution in [1.29, 1.82) is 0 Å². The molecule has 0 saturated carbocycles. The fourth-order valence-electron chi connectivity index (χ4n) is 3.11. The number of amides is 1. The summed E-state index contributed by atoms with van der Waals surface area (Å²) >= 11 is 2.95. The van der Waals surface area contributed by atoms with E-state index in [-0.39, 0.29) is 17.7 Å². The highest BCUT2D eigenvalue weighted by Gasteiger charge is 2.22. The van der Waals surface area contributed by atoms with E-state index in [9.17, 15) is 4.79 Å². The lowest BCUT2D eigenvalue weighted by Gasteiger charge is -2.23.